The molecule has 0 bridgehead atoms. The normalized spacial score (nSPS) is 20.1. The van der Waals surface area contributed by atoms with Gasteiger partial charge in [-0.2, -0.15) is 9.61 Å². The zero-order chi connectivity index (χ0) is 24.4. The third-order valence-corrected chi connectivity index (χ3v) is 6.72. The van der Waals surface area contributed by atoms with Gasteiger partial charge in [-0.05, 0) is 57.1 Å². The van der Waals surface area contributed by atoms with Crippen LogP contribution in [0.4, 0.5) is 17.3 Å². The van der Waals surface area contributed by atoms with E-state index in [-0.39, 0.29) is 23.6 Å². The van der Waals surface area contributed by atoms with E-state index in [1.165, 1.54) is 6.20 Å². The molecule has 3 aromatic heterocycles. The number of carbonyl (C=O) groups excluding carboxylic acids is 1. The first-order valence-corrected chi connectivity index (χ1v) is 12.5. The molecule has 10 nitrogen and oxygen atoms in total. The van der Waals surface area contributed by atoms with Gasteiger partial charge in [0.05, 0.1) is 12.3 Å². The number of amides is 1. The summed E-state index contributed by atoms with van der Waals surface area (Å²) in [4.78, 5) is 30.7. The Bertz CT molecular complexity index is 1260. The Hall–Kier alpha value is -3.40. The molecular formula is C25H33N7O3. The molecule has 2 aliphatic carbocycles. The number of rotatable bonds is 9. The first kappa shape index (κ1) is 23.3. The predicted molar refractivity (Wildman–Crippen MR) is 135 cm³/mol. The molecule has 0 atom stereocenters. The maximum atomic E-state index is 13.3. The lowest BCUT2D eigenvalue weighted by Crippen LogP contribution is -2.30. The van der Waals surface area contributed by atoms with Crippen LogP contribution >= 0.6 is 0 Å². The molecule has 3 aromatic rings. The molecule has 5 rings (SSSR count). The van der Waals surface area contributed by atoms with Gasteiger partial charge in [0.2, 0.25) is 0 Å². The van der Waals surface area contributed by atoms with Gasteiger partial charge in [0, 0.05) is 38.0 Å². The average Bonchev–Trinajstić information content (AvgIpc) is 3.58. The van der Waals surface area contributed by atoms with Gasteiger partial charge in [-0.3, -0.25) is 9.59 Å². The van der Waals surface area contributed by atoms with Gasteiger partial charge in [-0.15, -0.1) is 0 Å². The van der Waals surface area contributed by atoms with Crippen LogP contribution in [-0.4, -0.2) is 50.9 Å². The lowest BCUT2D eigenvalue weighted by atomic mass is 9.92. The molecule has 0 saturated heterocycles. The number of carbonyl (C=O) groups is 1. The van der Waals surface area contributed by atoms with Crippen molar-refractivity contribution in [1.29, 1.82) is 0 Å². The van der Waals surface area contributed by atoms with Crippen molar-refractivity contribution in [2.45, 2.75) is 70.1 Å². The minimum absolute atomic E-state index is 0.0849. The van der Waals surface area contributed by atoms with Gasteiger partial charge in [0.15, 0.2) is 5.65 Å². The van der Waals surface area contributed by atoms with E-state index < -0.39 is 0 Å². The standard InChI is InChI=1S/C25H33N7O3/c1-3-13-35-18-10-8-17(9-11-18)31-12-4-5-20(25(31)34)29-21-14-22(26-2)32-23(30-21)19(15-27-32)24(33)28-16-6-7-16/h4-5,12,14-18,26H,3,6-11,13H2,1-2H3,(H,28,33)(H,29,30). The molecule has 0 aliphatic heterocycles. The molecule has 186 valence electrons. The summed E-state index contributed by atoms with van der Waals surface area (Å²) in [5.74, 6) is 0.939. The molecule has 35 heavy (non-hydrogen) atoms. The first-order valence-electron chi connectivity index (χ1n) is 12.5. The second kappa shape index (κ2) is 10.1. The summed E-state index contributed by atoms with van der Waals surface area (Å²) >= 11 is 0. The topological polar surface area (TPSA) is 115 Å². The highest BCUT2D eigenvalue weighted by Gasteiger charge is 2.27. The number of nitrogens with zero attached hydrogens (tertiary/aromatic N) is 4. The molecule has 2 saturated carbocycles. The zero-order valence-corrected chi connectivity index (χ0v) is 20.3. The molecule has 3 N–H and O–H groups in total. The molecule has 0 radical (unpaired) electrons. The number of hydrogen-bond donors (Lipinski definition) is 3. The smallest absolute Gasteiger partial charge is 0.274 e. The van der Waals surface area contributed by atoms with Crippen molar-refractivity contribution in [3.05, 3.63) is 46.5 Å². The Balaban J connectivity index is 1.38. The van der Waals surface area contributed by atoms with Crippen LogP contribution in [0.2, 0.25) is 0 Å². The van der Waals surface area contributed by atoms with E-state index in [0.29, 0.717) is 34.6 Å². The van der Waals surface area contributed by atoms with Crippen molar-refractivity contribution in [3.8, 4) is 0 Å². The minimum atomic E-state index is -0.185. The number of fused-ring (bicyclic) bond motifs is 1. The monoisotopic (exact) mass is 479 g/mol. The van der Waals surface area contributed by atoms with Crippen LogP contribution in [0.3, 0.4) is 0 Å². The largest absolute Gasteiger partial charge is 0.378 e. The minimum Gasteiger partial charge on any atom is -0.378 e. The van der Waals surface area contributed by atoms with E-state index in [4.69, 9.17) is 4.74 Å². The van der Waals surface area contributed by atoms with Crippen LogP contribution in [0.1, 0.15) is 68.3 Å². The van der Waals surface area contributed by atoms with Gasteiger partial charge >= 0.3 is 0 Å². The number of aromatic nitrogens is 4. The second-order valence-electron chi connectivity index (χ2n) is 9.38. The molecule has 10 heteroatoms. The summed E-state index contributed by atoms with van der Waals surface area (Å²) in [6.07, 6.45) is 10.5. The third kappa shape index (κ3) is 5.02. The Morgan fingerprint density at radius 1 is 1.20 bits per heavy atom. The van der Waals surface area contributed by atoms with Crippen LogP contribution in [0.25, 0.3) is 5.65 Å². The van der Waals surface area contributed by atoms with Gasteiger partial charge in [-0.25, -0.2) is 4.98 Å². The van der Waals surface area contributed by atoms with Crippen molar-refractivity contribution < 1.29 is 9.53 Å². The summed E-state index contributed by atoms with van der Waals surface area (Å²) < 4.78 is 9.32. The Morgan fingerprint density at radius 2 is 2.00 bits per heavy atom. The van der Waals surface area contributed by atoms with E-state index in [0.717, 1.165) is 51.6 Å². The molecule has 0 unspecified atom stereocenters. The highest BCUT2D eigenvalue weighted by molar-refractivity contribution is 6.00. The maximum absolute atomic E-state index is 13.3. The summed E-state index contributed by atoms with van der Waals surface area (Å²) in [7, 11) is 1.78. The highest BCUT2D eigenvalue weighted by Crippen LogP contribution is 2.30. The quantitative estimate of drug-likeness (QED) is 0.430. The van der Waals surface area contributed by atoms with E-state index in [1.807, 2.05) is 16.8 Å². The SMILES string of the molecule is CCCOC1CCC(n2cccc(Nc3cc(NC)n4ncc(C(=O)NC5CC5)c4n3)c2=O)CC1. The molecule has 0 spiro atoms. The summed E-state index contributed by atoms with van der Waals surface area (Å²) in [5, 5.41) is 13.6. The lowest BCUT2D eigenvalue weighted by Gasteiger charge is -2.30. The third-order valence-electron chi connectivity index (χ3n) is 6.72. The Morgan fingerprint density at radius 3 is 2.71 bits per heavy atom. The van der Waals surface area contributed by atoms with E-state index in [1.54, 1.807) is 23.7 Å². The predicted octanol–water partition coefficient (Wildman–Crippen LogP) is 3.48. The lowest BCUT2D eigenvalue weighted by molar-refractivity contribution is 0.0195. The van der Waals surface area contributed by atoms with Gasteiger partial charge in [-0.1, -0.05) is 6.92 Å². The van der Waals surface area contributed by atoms with E-state index in [2.05, 4.69) is 33.0 Å². The van der Waals surface area contributed by atoms with Crippen LogP contribution in [-0.2, 0) is 4.74 Å². The molecule has 3 heterocycles. The number of anilines is 3. The van der Waals surface area contributed by atoms with Crippen LogP contribution in [0.5, 0.6) is 0 Å². The van der Waals surface area contributed by atoms with Crippen LogP contribution in [0, 0.1) is 0 Å². The molecule has 1 amide bonds. The number of pyridine rings is 1. The molecule has 0 aromatic carbocycles. The first-order chi connectivity index (χ1) is 17.1. The van der Waals surface area contributed by atoms with Crippen LogP contribution < -0.4 is 21.5 Å². The van der Waals surface area contributed by atoms with Gasteiger partial charge in [0.1, 0.15) is 22.9 Å². The van der Waals surface area contributed by atoms with Crippen molar-refractivity contribution in [1.82, 2.24) is 24.5 Å². The maximum Gasteiger partial charge on any atom is 0.274 e. The summed E-state index contributed by atoms with van der Waals surface area (Å²) in [6, 6.07) is 5.81. The second-order valence-corrected chi connectivity index (χ2v) is 9.38. The van der Waals surface area contributed by atoms with Crippen molar-refractivity contribution >= 4 is 28.9 Å². The highest BCUT2D eigenvalue weighted by atomic mass is 16.5. The Labute approximate surface area is 204 Å². The number of ether oxygens (including phenoxy) is 1. The summed E-state index contributed by atoms with van der Waals surface area (Å²) in [5.41, 5.74) is 1.20. The summed E-state index contributed by atoms with van der Waals surface area (Å²) in [6.45, 7) is 2.91. The van der Waals surface area contributed by atoms with Crippen LogP contribution in [0.15, 0.2) is 35.4 Å². The molecular weight excluding hydrogens is 446 g/mol. The van der Waals surface area contributed by atoms with E-state index in [9.17, 15) is 9.59 Å². The molecule has 2 aliphatic rings. The number of nitrogens with one attached hydrogen (secondary N) is 3. The fourth-order valence-corrected chi connectivity index (χ4v) is 4.66. The van der Waals surface area contributed by atoms with Crippen molar-refractivity contribution in [3.63, 3.8) is 0 Å². The zero-order valence-electron chi connectivity index (χ0n) is 20.3. The number of hydrogen-bond acceptors (Lipinski definition) is 7. The van der Waals surface area contributed by atoms with Crippen molar-refractivity contribution in [2.75, 3.05) is 24.3 Å². The Kier molecular flexibility index (Phi) is 6.72. The fourth-order valence-electron chi connectivity index (χ4n) is 4.66. The fraction of sp³-hybridized carbons (Fsp3) is 0.520. The van der Waals surface area contributed by atoms with Crippen molar-refractivity contribution in [2.24, 2.45) is 0 Å². The van der Waals surface area contributed by atoms with E-state index >= 15 is 0 Å². The van der Waals surface area contributed by atoms with Gasteiger partial charge in [0.25, 0.3) is 11.5 Å². The molecule has 2 fully saturated rings. The van der Waals surface area contributed by atoms with Gasteiger partial charge < -0.3 is 25.3 Å². The average molecular weight is 480 g/mol.